The van der Waals surface area contributed by atoms with Crippen molar-refractivity contribution in [2.45, 2.75) is 19.9 Å². The highest BCUT2D eigenvalue weighted by Gasteiger charge is 2.13. The molecule has 0 unspecified atom stereocenters. The van der Waals surface area contributed by atoms with Crippen LogP contribution in [0.5, 0.6) is 0 Å². The third-order valence-corrected chi connectivity index (χ3v) is 5.72. The van der Waals surface area contributed by atoms with E-state index in [0.717, 1.165) is 27.4 Å². The molecule has 1 amide bonds. The average molecular weight is 405 g/mol. The molecule has 0 saturated carbocycles. The minimum atomic E-state index is 0.0262. The van der Waals surface area contributed by atoms with Crippen LogP contribution >= 0.6 is 34.5 Å². The zero-order chi connectivity index (χ0) is 18.7. The van der Waals surface area contributed by atoms with E-state index >= 15 is 0 Å². The topological polar surface area (TPSA) is 33.2 Å². The van der Waals surface area contributed by atoms with Crippen molar-refractivity contribution in [3.05, 3.63) is 74.0 Å². The maximum atomic E-state index is 12.5. The van der Waals surface area contributed by atoms with Crippen LogP contribution in [0.1, 0.15) is 16.1 Å². The molecule has 0 spiro atoms. The van der Waals surface area contributed by atoms with Gasteiger partial charge in [0.1, 0.15) is 0 Å². The SMILES string of the molecule is Cc1nc(-c2ccc(CC(=O)N(C)Cc3cccc(Cl)c3Cl)cc2)cs1. The average Bonchev–Trinajstić information content (AvgIpc) is 3.06. The Morgan fingerprint density at radius 1 is 1.15 bits per heavy atom. The Bertz CT molecular complexity index is 922. The van der Waals surface area contributed by atoms with Crippen LogP contribution in [0.4, 0.5) is 0 Å². The molecule has 3 aromatic rings. The minimum Gasteiger partial charge on any atom is -0.341 e. The summed E-state index contributed by atoms with van der Waals surface area (Å²) < 4.78 is 0. The Labute approximate surface area is 167 Å². The molecule has 0 aliphatic rings. The predicted molar refractivity (Wildman–Crippen MR) is 109 cm³/mol. The van der Waals surface area contributed by atoms with Gasteiger partial charge in [-0.15, -0.1) is 11.3 Å². The fourth-order valence-corrected chi connectivity index (χ4v) is 3.62. The first kappa shape index (κ1) is 18.9. The number of aromatic nitrogens is 1. The number of likely N-dealkylation sites (N-methyl/N-ethyl adjacent to an activating group) is 1. The number of hydrogen-bond donors (Lipinski definition) is 0. The largest absolute Gasteiger partial charge is 0.341 e. The number of amides is 1. The van der Waals surface area contributed by atoms with E-state index in [2.05, 4.69) is 4.98 Å². The molecule has 1 heterocycles. The third-order valence-electron chi connectivity index (χ3n) is 4.09. The first-order chi connectivity index (χ1) is 12.4. The summed E-state index contributed by atoms with van der Waals surface area (Å²) in [6, 6.07) is 13.4. The molecule has 0 fully saturated rings. The molecule has 0 bridgehead atoms. The predicted octanol–water partition coefficient (Wildman–Crippen LogP) is 5.63. The number of benzene rings is 2. The number of carbonyl (C=O) groups is 1. The highest BCUT2D eigenvalue weighted by molar-refractivity contribution is 7.09. The Hall–Kier alpha value is -1.88. The molecule has 26 heavy (non-hydrogen) atoms. The van der Waals surface area contributed by atoms with Gasteiger partial charge in [-0.3, -0.25) is 4.79 Å². The highest BCUT2D eigenvalue weighted by atomic mass is 35.5. The van der Waals surface area contributed by atoms with Crippen LogP contribution < -0.4 is 0 Å². The van der Waals surface area contributed by atoms with Crippen LogP contribution in [0.15, 0.2) is 47.8 Å². The van der Waals surface area contributed by atoms with Crippen molar-refractivity contribution in [1.82, 2.24) is 9.88 Å². The van der Waals surface area contributed by atoms with E-state index in [-0.39, 0.29) is 5.91 Å². The molecule has 2 aromatic carbocycles. The third kappa shape index (κ3) is 4.44. The number of hydrogen-bond acceptors (Lipinski definition) is 3. The van der Waals surface area contributed by atoms with Crippen molar-refractivity contribution < 1.29 is 4.79 Å². The number of carbonyl (C=O) groups excluding carboxylic acids is 1. The zero-order valence-electron chi connectivity index (χ0n) is 14.5. The van der Waals surface area contributed by atoms with Gasteiger partial charge in [0.25, 0.3) is 0 Å². The molecule has 1 aromatic heterocycles. The standard InChI is InChI=1S/C20H18Cl2N2OS/c1-13-23-18(12-26-13)15-8-6-14(7-9-15)10-19(25)24(2)11-16-4-3-5-17(21)20(16)22/h3-9,12H,10-11H2,1-2H3. The quantitative estimate of drug-likeness (QED) is 0.552. The molecular weight excluding hydrogens is 387 g/mol. The van der Waals surface area contributed by atoms with E-state index in [1.54, 1.807) is 29.4 Å². The number of rotatable bonds is 5. The van der Waals surface area contributed by atoms with E-state index in [4.69, 9.17) is 23.2 Å². The van der Waals surface area contributed by atoms with Crippen molar-refractivity contribution in [3.63, 3.8) is 0 Å². The fraction of sp³-hybridized carbons (Fsp3) is 0.200. The highest BCUT2D eigenvalue weighted by Crippen LogP contribution is 2.26. The molecule has 0 saturated heterocycles. The summed E-state index contributed by atoms with van der Waals surface area (Å²) in [7, 11) is 1.77. The monoisotopic (exact) mass is 404 g/mol. The summed E-state index contributed by atoms with van der Waals surface area (Å²) in [5, 5.41) is 4.08. The number of nitrogens with zero attached hydrogens (tertiary/aromatic N) is 2. The molecule has 0 N–H and O–H groups in total. The molecular formula is C20H18Cl2N2OS. The lowest BCUT2D eigenvalue weighted by Crippen LogP contribution is -2.27. The van der Waals surface area contributed by atoms with E-state index in [1.807, 2.05) is 48.7 Å². The first-order valence-corrected chi connectivity index (χ1v) is 9.76. The van der Waals surface area contributed by atoms with Crippen LogP contribution in [0.25, 0.3) is 11.3 Å². The van der Waals surface area contributed by atoms with Gasteiger partial charge in [0.05, 0.1) is 27.2 Å². The van der Waals surface area contributed by atoms with Crippen LogP contribution in [0.3, 0.4) is 0 Å². The van der Waals surface area contributed by atoms with E-state index in [1.165, 1.54) is 0 Å². The first-order valence-electron chi connectivity index (χ1n) is 8.12. The van der Waals surface area contributed by atoms with Crippen molar-refractivity contribution in [1.29, 1.82) is 0 Å². The lowest BCUT2D eigenvalue weighted by molar-refractivity contribution is -0.129. The Balaban J connectivity index is 1.64. The normalized spacial score (nSPS) is 10.8. The lowest BCUT2D eigenvalue weighted by Gasteiger charge is -2.18. The second kappa shape index (κ2) is 8.21. The van der Waals surface area contributed by atoms with Crippen molar-refractivity contribution >= 4 is 40.4 Å². The Kier molecular flexibility index (Phi) is 5.97. The van der Waals surface area contributed by atoms with Gasteiger partial charge in [-0.2, -0.15) is 0 Å². The molecule has 0 radical (unpaired) electrons. The van der Waals surface area contributed by atoms with Gasteiger partial charge in [-0.1, -0.05) is 59.6 Å². The Morgan fingerprint density at radius 2 is 1.88 bits per heavy atom. The van der Waals surface area contributed by atoms with Crippen molar-refractivity contribution in [3.8, 4) is 11.3 Å². The second-order valence-electron chi connectivity index (χ2n) is 6.09. The summed E-state index contributed by atoms with van der Waals surface area (Å²) in [5.74, 6) is 0.0262. The zero-order valence-corrected chi connectivity index (χ0v) is 16.8. The molecule has 134 valence electrons. The second-order valence-corrected chi connectivity index (χ2v) is 7.94. The van der Waals surface area contributed by atoms with Gasteiger partial charge in [-0.05, 0) is 24.1 Å². The summed E-state index contributed by atoms with van der Waals surface area (Å²) in [5.41, 5.74) is 3.83. The van der Waals surface area contributed by atoms with Crippen LogP contribution in [-0.4, -0.2) is 22.8 Å². The van der Waals surface area contributed by atoms with Gasteiger partial charge in [0.2, 0.25) is 5.91 Å². The summed E-state index contributed by atoms with van der Waals surface area (Å²) in [4.78, 5) is 18.7. The summed E-state index contributed by atoms with van der Waals surface area (Å²) in [6.45, 7) is 2.41. The van der Waals surface area contributed by atoms with Crippen LogP contribution in [-0.2, 0) is 17.8 Å². The van der Waals surface area contributed by atoms with E-state index in [0.29, 0.717) is 23.0 Å². The van der Waals surface area contributed by atoms with Gasteiger partial charge in [0, 0.05) is 24.5 Å². The van der Waals surface area contributed by atoms with Gasteiger partial charge in [0.15, 0.2) is 0 Å². The molecule has 3 rings (SSSR count). The summed E-state index contributed by atoms with van der Waals surface area (Å²) >= 11 is 13.9. The molecule has 0 aliphatic carbocycles. The van der Waals surface area contributed by atoms with Crippen molar-refractivity contribution in [2.24, 2.45) is 0 Å². The number of thiazole rings is 1. The minimum absolute atomic E-state index is 0.0262. The maximum absolute atomic E-state index is 12.5. The molecule has 0 atom stereocenters. The van der Waals surface area contributed by atoms with Crippen LogP contribution in [0, 0.1) is 6.92 Å². The van der Waals surface area contributed by atoms with E-state index in [9.17, 15) is 4.79 Å². The van der Waals surface area contributed by atoms with Gasteiger partial charge < -0.3 is 4.90 Å². The smallest absolute Gasteiger partial charge is 0.227 e. The lowest BCUT2D eigenvalue weighted by atomic mass is 10.1. The molecule has 0 aliphatic heterocycles. The number of halogens is 2. The van der Waals surface area contributed by atoms with Gasteiger partial charge in [-0.25, -0.2) is 4.98 Å². The van der Waals surface area contributed by atoms with Crippen molar-refractivity contribution in [2.75, 3.05) is 7.05 Å². The summed E-state index contributed by atoms with van der Waals surface area (Å²) in [6.07, 6.45) is 0.338. The van der Waals surface area contributed by atoms with E-state index < -0.39 is 0 Å². The molecule has 6 heteroatoms. The number of aryl methyl sites for hydroxylation is 1. The fourth-order valence-electron chi connectivity index (χ4n) is 2.61. The Morgan fingerprint density at radius 3 is 2.54 bits per heavy atom. The maximum Gasteiger partial charge on any atom is 0.227 e. The van der Waals surface area contributed by atoms with Crippen LogP contribution in [0.2, 0.25) is 10.0 Å². The van der Waals surface area contributed by atoms with Gasteiger partial charge >= 0.3 is 0 Å². The molecule has 3 nitrogen and oxygen atoms in total.